The van der Waals surface area contributed by atoms with Gasteiger partial charge >= 0.3 is 0 Å². The predicted molar refractivity (Wildman–Crippen MR) is 66.7 cm³/mol. The lowest BCUT2D eigenvalue weighted by molar-refractivity contribution is 0.163. The summed E-state index contributed by atoms with van der Waals surface area (Å²) >= 11 is 0. The fourth-order valence-corrected chi connectivity index (χ4v) is 1.31. The van der Waals surface area contributed by atoms with Gasteiger partial charge in [0.15, 0.2) is 0 Å². The molecule has 1 rings (SSSR count). The standard InChI is InChI=1S/C13H21NO3/c1-13(2,3)14-7-12(17)9-4-5-11(16)10(6-9)8-15/h4-6,12,14-17H,7-8H2,1-3H3/t12-/m0/s1/i1D3,2D3,3D3. The van der Waals surface area contributed by atoms with E-state index < -0.39 is 45.4 Å². The molecule has 0 spiro atoms. The third-order valence-corrected chi connectivity index (χ3v) is 2.22. The maximum Gasteiger partial charge on any atom is 0.121 e. The van der Waals surface area contributed by atoms with Crippen LogP contribution in [0.15, 0.2) is 18.2 Å². The molecule has 0 aliphatic rings. The molecular weight excluding hydrogens is 218 g/mol. The Balaban J connectivity index is 3.22. The number of aliphatic hydroxyl groups is 2. The summed E-state index contributed by atoms with van der Waals surface area (Å²) in [4.78, 5) is 0. The molecule has 0 bridgehead atoms. The maximum atomic E-state index is 10.2. The largest absolute Gasteiger partial charge is 0.508 e. The Morgan fingerprint density at radius 2 is 2.12 bits per heavy atom. The van der Waals surface area contributed by atoms with Gasteiger partial charge < -0.3 is 20.6 Å². The number of benzene rings is 1. The summed E-state index contributed by atoms with van der Waals surface area (Å²) in [6, 6.07) is 3.71. The number of phenols is 1. The number of β-amino-alcohol motifs (C(OH)–C–C–N with tert-alkyl or cyclic N) is 1. The summed E-state index contributed by atoms with van der Waals surface area (Å²) in [6.07, 6.45) is -1.48. The van der Waals surface area contributed by atoms with Crippen molar-refractivity contribution in [3.8, 4) is 5.75 Å². The van der Waals surface area contributed by atoms with Crippen LogP contribution in [0.4, 0.5) is 0 Å². The second-order valence-corrected chi connectivity index (χ2v) is 3.69. The van der Waals surface area contributed by atoms with E-state index in [4.69, 9.17) is 17.4 Å². The highest BCUT2D eigenvalue weighted by atomic mass is 16.3. The predicted octanol–water partition coefficient (Wildman–Crippen LogP) is 1.31. The van der Waals surface area contributed by atoms with E-state index in [-0.39, 0.29) is 16.9 Å². The summed E-state index contributed by atoms with van der Waals surface area (Å²) < 4.78 is 67.4. The first-order chi connectivity index (χ1) is 11.6. The van der Waals surface area contributed by atoms with Crippen molar-refractivity contribution in [2.75, 3.05) is 6.54 Å². The van der Waals surface area contributed by atoms with E-state index in [9.17, 15) is 10.2 Å². The zero-order chi connectivity index (χ0) is 20.6. The molecule has 0 saturated heterocycles. The van der Waals surface area contributed by atoms with E-state index in [1.807, 2.05) is 5.32 Å². The second-order valence-electron chi connectivity index (χ2n) is 3.69. The zero-order valence-corrected chi connectivity index (χ0v) is 9.07. The lowest BCUT2D eigenvalue weighted by atomic mass is 10.0. The number of aliphatic hydroxyl groups excluding tert-OH is 2. The number of rotatable bonds is 4. The fraction of sp³-hybridized carbons (Fsp3) is 0.538. The molecule has 1 aromatic rings. The van der Waals surface area contributed by atoms with Crippen molar-refractivity contribution < 1.29 is 27.7 Å². The average Bonchev–Trinajstić information content (AvgIpc) is 2.43. The Hall–Kier alpha value is -1.10. The highest BCUT2D eigenvalue weighted by Gasteiger charge is 2.14. The van der Waals surface area contributed by atoms with Crippen molar-refractivity contribution in [1.29, 1.82) is 0 Å². The van der Waals surface area contributed by atoms with Gasteiger partial charge in [-0.1, -0.05) is 6.07 Å². The Morgan fingerprint density at radius 3 is 2.71 bits per heavy atom. The average molecular weight is 248 g/mol. The highest BCUT2D eigenvalue weighted by molar-refractivity contribution is 5.36. The van der Waals surface area contributed by atoms with Gasteiger partial charge in [-0.25, -0.2) is 0 Å². The van der Waals surface area contributed by atoms with Crippen LogP contribution in [-0.4, -0.2) is 27.4 Å². The van der Waals surface area contributed by atoms with Crippen LogP contribution >= 0.6 is 0 Å². The molecular formula is C13H21NO3. The molecule has 1 atom stereocenters. The molecule has 0 saturated carbocycles. The molecule has 0 radical (unpaired) electrons. The van der Waals surface area contributed by atoms with E-state index in [0.29, 0.717) is 0 Å². The molecule has 0 amide bonds. The van der Waals surface area contributed by atoms with Crippen molar-refractivity contribution in [2.45, 2.75) is 38.8 Å². The van der Waals surface area contributed by atoms with Gasteiger partial charge in [0, 0.05) is 30.0 Å². The van der Waals surface area contributed by atoms with Gasteiger partial charge in [0.2, 0.25) is 0 Å². The van der Waals surface area contributed by atoms with Crippen LogP contribution in [0.2, 0.25) is 0 Å². The quantitative estimate of drug-likeness (QED) is 0.648. The summed E-state index contributed by atoms with van der Waals surface area (Å²) in [7, 11) is 0. The van der Waals surface area contributed by atoms with E-state index in [0.717, 1.165) is 0 Å². The van der Waals surface area contributed by atoms with Crippen LogP contribution in [0.3, 0.4) is 0 Å². The van der Waals surface area contributed by atoms with Crippen LogP contribution in [0, 0.1) is 0 Å². The molecule has 0 aromatic heterocycles. The number of aromatic hydroxyl groups is 1. The lowest BCUT2D eigenvalue weighted by Crippen LogP contribution is -2.38. The second kappa shape index (κ2) is 5.49. The monoisotopic (exact) mass is 248 g/mol. The van der Waals surface area contributed by atoms with Crippen molar-refractivity contribution in [2.24, 2.45) is 0 Å². The van der Waals surface area contributed by atoms with Gasteiger partial charge in [-0.3, -0.25) is 0 Å². The Bertz CT molecular complexity index is 589. The minimum Gasteiger partial charge on any atom is -0.508 e. The van der Waals surface area contributed by atoms with Gasteiger partial charge in [-0.15, -0.1) is 0 Å². The van der Waals surface area contributed by atoms with Gasteiger partial charge in [-0.05, 0) is 38.3 Å². The molecule has 0 aliphatic carbocycles. The molecule has 0 heterocycles. The normalized spacial score (nSPS) is 23.8. The Morgan fingerprint density at radius 1 is 1.41 bits per heavy atom. The van der Waals surface area contributed by atoms with Crippen LogP contribution in [0.5, 0.6) is 5.75 Å². The van der Waals surface area contributed by atoms with Crippen LogP contribution in [0.25, 0.3) is 0 Å². The lowest BCUT2D eigenvalue weighted by Gasteiger charge is -2.23. The van der Waals surface area contributed by atoms with Crippen molar-refractivity contribution in [3.63, 3.8) is 0 Å². The third kappa shape index (κ3) is 4.34. The number of hydrogen-bond acceptors (Lipinski definition) is 4. The van der Waals surface area contributed by atoms with E-state index in [1.54, 1.807) is 0 Å². The number of hydrogen-bond donors (Lipinski definition) is 4. The SMILES string of the molecule is [2H]C([2H])([2H])C(NC[C@H](O)c1ccc(O)c(CO)c1)(C([2H])([2H])[2H])C([2H])([2H])[2H]. The maximum absolute atomic E-state index is 10.2. The molecule has 4 N–H and O–H groups in total. The minimum absolute atomic E-state index is 0.0928. The summed E-state index contributed by atoms with van der Waals surface area (Å²) in [5.74, 6) is -0.224. The topological polar surface area (TPSA) is 72.7 Å². The van der Waals surface area contributed by atoms with Crippen molar-refractivity contribution in [3.05, 3.63) is 29.3 Å². The van der Waals surface area contributed by atoms with E-state index in [2.05, 4.69) is 0 Å². The Labute approximate surface area is 115 Å². The molecule has 1 aromatic carbocycles. The summed E-state index contributed by atoms with van der Waals surface area (Å²) in [5.41, 5.74) is -3.02. The minimum atomic E-state index is -3.42. The molecule has 4 nitrogen and oxygen atoms in total. The van der Waals surface area contributed by atoms with Crippen LogP contribution in [-0.2, 0) is 6.61 Å². The fourth-order valence-electron chi connectivity index (χ4n) is 1.31. The first-order valence-corrected chi connectivity index (χ1v) is 4.94. The highest BCUT2D eigenvalue weighted by Crippen LogP contribution is 2.22. The van der Waals surface area contributed by atoms with Crippen molar-refractivity contribution >= 4 is 0 Å². The van der Waals surface area contributed by atoms with Crippen LogP contribution in [0.1, 0.15) is 50.1 Å². The number of nitrogens with one attached hydrogen (secondary N) is 1. The van der Waals surface area contributed by atoms with E-state index >= 15 is 0 Å². The third-order valence-electron chi connectivity index (χ3n) is 2.22. The van der Waals surface area contributed by atoms with Crippen LogP contribution < -0.4 is 5.32 Å². The molecule has 4 heteroatoms. The molecule has 0 fully saturated rings. The first kappa shape index (κ1) is 5.69. The summed E-state index contributed by atoms with van der Waals surface area (Å²) in [6.45, 7) is -11.5. The van der Waals surface area contributed by atoms with Gasteiger partial charge in [0.05, 0.1) is 12.7 Å². The molecule has 0 aliphatic heterocycles. The molecule has 17 heavy (non-hydrogen) atoms. The van der Waals surface area contributed by atoms with Crippen molar-refractivity contribution in [1.82, 2.24) is 5.32 Å². The first-order valence-electron chi connectivity index (χ1n) is 9.44. The zero-order valence-electron chi connectivity index (χ0n) is 18.1. The van der Waals surface area contributed by atoms with Gasteiger partial charge in [0.1, 0.15) is 5.75 Å². The van der Waals surface area contributed by atoms with Gasteiger partial charge in [-0.2, -0.15) is 0 Å². The smallest absolute Gasteiger partial charge is 0.121 e. The van der Waals surface area contributed by atoms with Gasteiger partial charge in [0.25, 0.3) is 0 Å². The Kier molecular flexibility index (Phi) is 1.84. The van der Waals surface area contributed by atoms with E-state index in [1.165, 1.54) is 18.2 Å². The molecule has 96 valence electrons. The molecule has 0 unspecified atom stereocenters. The summed E-state index contributed by atoms with van der Waals surface area (Å²) in [5, 5.41) is 30.9.